The van der Waals surface area contributed by atoms with Crippen LogP contribution in [-0.2, 0) is 0 Å². The Morgan fingerprint density at radius 2 is 1.88 bits per heavy atom. The van der Waals surface area contributed by atoms with Crippen LogP contribution in [0.3, 0.4) is 0 Å². The Labute approximate surface area is 111 Å². The van der Waals surface area contributed by atoms with E-state index in [1.165, 1.54) is 11.1 Å². The van der Waals surface area contributed by atoms with E-state index in [0.717, 1.165) is 10.6 Å². The van der Waals surface area contributed by atoms with Crippen LogP contribution in [0.1, 0.15) is 11.5 Å². The Kier molecular flexibility index (Phi) is 2.70. The molecule has 2 aliphatic rings. The highest BCUT2D eigenvalue weighted by Crippen LogP contribution is 2.35. The van der Waals surface area contributed by atoms with Crippen molar-refractivity contribution < 1.29 is 0 Å². The molecular formula is C15H10Cl2. The normalized spacial score (nSPS) is 21.2. The number of halogens is 2. The van der Waals surface area contributed by atoms with Crippen molar-refractivity contribution in [2.24, 2.45) is 0 Å². The summed E-state index contributed by atoms with van der Waals surface area (Å²) in [5.41, 5.74) is 3.63. The standard InChI is InChI=1S/C15H10Cl2/c16-13-6-7-14(15(17)9-13)12-5-4-10-2-1-3-11(10)8-12/h1-9,12H. The summed E-state index contributed by atoms with van der Waals surface area (Å²) in [7, 11) is 0. The third-order valence-electron chi connectivity index (χ3n) is 3.05. The summed E-state index contributed by atoms with van der Waals surface area (Å²) in [6, 6.07) is 5.66. The van der Waals surface area contributed by atoms with Gasteiger partial charge in [0, 0.05) is 16.0 Å². The largest absolute Gasteiger partial charge is 0.0843 e. The minimum Gasteiger partial charge on any atom is -0.0843 e. The third kappa shape index (κ3) is 1.99. The van der Waals surface area contributed by atoms with Crippen LogP contribution in [0.15, 0.2) is 65.8 Å². The Morgan fingerprint density at radius 1 is 1.00 bits per heavy atom. The highest BCUT2D eigenvalue weighted by Gasteiger charge is 2.16. The second-order valence-corrected chi connectivity index (χ2v) is 5.00. The van der Waals surface area contributed by atoms with Crippen LogP contribution < -0.4 is 0 Å². The molecule has 0 fully saturated rings. The SMILES string of the molecule is Clc1ccc(C2C=CC3=CC=CC3=C2)c(Cl)c1. The van der Waals surface area contributed by atoms with Gasteiger partial charge < -0.3 is 0 Å². The predicted molar refractivity (Wildman–Crippen MR) is 73.6 cm³/mol. The first-order valence-corrected chi connectivity index (χ1v) is 6.23. The summed E-state index contributed by atoms with van der Waals surface area (Å²) >= 11 is 12.1. The van der Waals surface area contributed by atoms with E-state index in [9.17, 15) is 0 Å². The fourth-order valence-electron chi connectivity index (χ4n) is 2.17. The fourth-order valence-corrected chi connectivity index (χ4v) is 2.71. The molecule has 1 aromatic rings. The number of hydrogen-bond donors (Lipinski definition) is 0. The van der Waals surface area contributed by atoms with Crippen molar-refractivity contribution >= 4 is 23.2 Å². The summed E-state index contributed by atoms with van der Waals surface area (Å²) in [4.78, 5) is 0. The molecule has 0 nitrogen and oxygen atoms in total. The smallest absolute Gasteiger partial charge is 0.0462 e. The monoisotopic (exact) mass is 260 g/mol. The van der Waals surface area contributed by atoms with Gasteiger partial charge in [-0.1, -0.05) is 65.7 Å². The number of rotatable bonds is 1. The lowest BCUT2D eigenvalue weighted by Gasteiger charge is -2.16. The summed E-state index contributed by atoms with van der Waals surface area (Å²) < 4.78 is 0. The molecule has 0 N–H and O–H groups in total. The van der Waals surface area contributed by atoms with Gasteiger partial charge in [0.2, 0.25) is 0 Å². The molecule has 1 aromatic carbocycles. The van der Waals surface area contributed by atoms with Gasteiger partial charge >= 0.3 is 0 Å². The topological polar surface area (TPSA) is 0 Å². The van der Waals surface area contributed by atoms with Crippen LogP contribution in [0.4, 0.5) is 0 Å². The number of benzene rings is 1. The van der Waals surface area contributed by atoms with E-state index in [1.807, 2.05) is 12.1 Å². The molecule has 0 radical (unpaired) electrons. The van der Waals surface area contributed by atoms with E-state index in [0.29, 0.717) is 5.02 Å². The first-order valence-electron chi connectivity index (χ1n) is 5.48. The first-order chi connectivity index (χ1) is 8.24. The van der Waals surface area contributed by atoms with Gasteiger partial charge in [0.15, 0.2) is 0 Å². The van der Waals surface area contributed by atoms with Crippen molar-refractivity contribution in [2.45, 2.75) is 5.92 Å². The maximum atomic E-state index is 6.23. The van der Waals surface area contributed by atoms with Gasteiger partial charge in [-0.3, -0.25) is 0 Å². The molecule has 1 unspecified atom stereocenters. The highest BCUT2D eigenvalue weighted by molar-refractivity contribution is 6.35. The molecule has 3 rings (SSSR count). The van der Waals surface area contributed by atoms with Crippen molar-refractivity contribution in [3.8, 4) is 0 Å². The summed E-state index contributed by atoms with van der Waals surface area (Å²) in [5, 5.41) is 1.39. The minimum absolute atomic E-state index is 0.231. The van der Waals surface area contributed by atoms with Gasteiger partial charge in [-0.15, -0.1) is 0 Å². The Morgan fingerprint density at radius 3 is 2.71 bits per heavy atom. The predicted octanol–water partition coefficient (Wildman–Crippen LogP) is 5.07. The zero-order valence-corrected chi connectivity index (χ0v) is 10.5. The first kappa shape index (κ1) is 10.9. The highest BCUT2D eigenvalue weighted by atomic mass is 35.5. The van der Waals surface area contributed by atoms with Crippen LogP contribution in [0.25, 0.3) is 0 Å². The molecule has 0 bridgehead atoms. The van der Waals surface area contributed by atoms with Crippen molar-refractivity contribution in [1.82, 2.24) is 0 Å². The van der Waals surface area contributed by atoms with Gasteiger partial charge in [0.1, 0.15) is 0 Å². The van der Waals surface area contributed by atoms with E-state index < -0.39 is 0 Å². The lowest BCUT2D eigenvalue weighted by Crippen LogP contribution is -1.98. The van der Waals surface area contributed by atoms with Crippen LogP contribution in [0.2, 0.25) is 10.0 Å². The van der Waals surface area contributed by atoms with Gasteiger partial charge in [0.05, 0.1) is 0 Å². The van der Waals surface area contributed by atoms with E-state index in [4.69, 9.17) is 23.2 Å². The molecule has 0 aromatic heterocycles. The average molecular weight is 261 g/mol. The maximum Gasteiger partial charge on any atom is 0.0462 e. The molecule has 2 aliphatic carbocycles. The second-order valence-electron chi connectivity index (χ2n) is 4.15. The average Bonchev–Trinajstić information content (AvgIpc) is 2.75. The van der Waals surface area contributed by atoms with Gasteiger partial charge in [0.25, 0.3) is 0 Å². The zero-order valence-electron chi connectivity index (χ0n) is 9.03. The molecule has 0 saturated heterocycles. The van der Waals surface area contributed by atoms with E-state index in [1.54, 1.807) is 6.07 Å². The quantitative estimate of drug-likeness (QED) is 0.662. The number of hydrogen-bond acceptors (Lipinski definition) is 0. The summed E-state index contributed by atoms with van der Waals surface area (Å²) in [6.07, 6.45) is 12.8. The van der Waals surface area contributed by atoms with Crippen LogP contribution in [-0.4, -0.2) is 0 Å². The van der Waals surface area contributed by atoms with Crippen molar-refractivity contribution in [1.29, 1.82) is 0 Å². The number of fused-ring (bicyclic) bond motifs is 1. The van der Waals surface area contributed by atoms with E-state index >= 15 is 0 Å². The Hall–Kier alpha value is -1.24. The fraction of sp³-hybridized carbons (Fsp3) is 0.0667. The number of allylic oxidation sites excluding steroid dienone is 8. The minimum atomic E-state index is 0.231. The lowest BCUT2D eigenvalue weighted by atomic mass is 9.90. The van der Waals surface area contributed by atoms with Crippen LogP contribution in [0.5, 0.6) is 0 Å². The molecule has 1 atom stereocenters. The van der Waals surface area contributed by atoms with Crippen molar-refractivity contribution in [3.05, 3.63) is 81.4 Å². The van der Waals surface area contributed by atoms with Crippen molar-refractivity contribution in [3.63, 3.8) is 0 Å². The van der Waals surface area contributed by atoms with E-state index in [2.05, 4.69) is 36.5 Å². The van der Waals surface area contributed by atoms with E-state index in [-0.39, 0.29) is 5.92 Å². The van der Waals surface area contributed by atoms with Gasteiger partial charge in [-0.25, -0.2) is 0 Å². The summed E-state index contributed by atoms with van der Waals surface area (Å²) in [6.45, 7) is 0. The van der Waals surface area contributed by atoms with Crippen LogP contribution in [0, 0.1) is 0 Å². The molecule has 0 heterocycles. The molecule has 0 spiro atoms. The maximum absolute atomic E-state index is 6.23. The summed E-state index contributed by atoms with van der Waals surface area (Å²) in [5.74, 6) is 0.231. The Bertz CT molecular complexity index is 589. The Balaban J connectivity index is 2.01. The van der Waals surface area contributed by atoms with Crippen molar-refractivity contribution in [2.75, 3.05) is 0 Å². The third-order valence-corrected chi connectivity index (χ3v) is 3.61. The molecule has 0 amide bonds. The zero-order chi connectivity index (χ0) is 11.8. The molecule has 84 valence electrons. The lowest BCUT2D eigenvalue weighted by molar-refractivity contribution is 1.06. The molecule has 17 heavy (non-hydrogen) atoms. The van der Waals surface area contributed by atoms with Crippen LogP contribution >= 0.6 is 23.2 Å². The van der Waals surface area contributed by atoms with Gasteiger partial charge in [-0.2, -0.15) is 0 Å². The van der Waals surface area contributed by atoms with Gasteiger partial charge in [-0.05, 0) is 28.8 Å². The molecule has 0 saturated carbocycles. The molecular weight excluding hydrogens is 251 g/mol. The molecule has 2 heteroatoms. The molecule has 0 aliphatic heterocycles. The second kappa shape index (κ2) is 4.21.